The molecule has 0 atom stereocenters. The lowest BCUT2D eigenvalue weighted by molar-refractivity contribution is 0.126. The summed E-state index contributed by atoms with van der Waals surface area (Å²) in [5.74, 6) is 2.64. The second-order valence-corrected chi connectivity index (χ2v) is 8.16. The second-order valence-electron chi connectivity index (χ2n) is 8.16. The van der Waals surface area contributed by atoms with Crippen LogP contribution in [0.15, 0.2) is 24.5 Å². The number of aromatic nitrogens is 4. The number of hydrogen-bond donors (Lipinski definition) is 3. The van der Waals surface area contributed by atoms with Crippen LogP contribution in [0.3, 0.4) is 0 Å². The van der Waals surface area contributed by atoms with Gasteiger partial charge in [0.2, 0.25) is 12.7 Å². The van der Waals surface area contributed by atoms with Crippen molar-refractivity contribution in [1.29, 1.82) is 0 Å². The monoisotopic (exact) mass is 410 g/mol. The SMILES string of the molecule is CC(C)n1cnc2c(Nc3ccc4c(c3)OCO4)nc(NC3CCC(O)CC3)nc21. The number of hydrogen-bond acceptors (Lipinski definition) is 8. The minimum atomic E-state index is -0.197. The molecule has 158 valence electrons. The van der Waals surface area contributed by atoms with Crippen LogP contribution in [0.1, 0.15) is 45.6 Å². The normalized spacial score (nSPS) is 20.7. The number of benzene rings is 1. The Hall–Kier alpha value is -3.07. The van der Waals surface area contributed by atoms with Crippen LogP contribution in [-0.2, 0) is 0 Å². The smallest absolute Gasteiger partial charge is 0.231 e. The first kappa shape index (κ1) is 18.9. The van der Waals surface area contributed by atoms with E-state index < -0.39 is 0 Å². The van der Waals surface area contributed by atoms with Crippen molar-refractivity contribution >= 4 is 28.6 Å². The third-order valence-electron chi connectivity index (χ3n) is 5.64. The van der Waals surface area contributed by atoms with Crippen LogP contribution >= 0.6 is 0 Å². The Morgan fingerprint density at radius 2 is 1.90 bits per heavy atom. The number of rotatable bonds is 5. The highest BCUT2D eigenvalue weighted by molar-refractivity contribution is 5.87. The highest BCUT2D eigenvalue weighted by Gasteiger charge is 2.22. The van der Waals surface area contributed by atoms with Gasteiger partial charge in [-0.2, -0.15) is 9.97 Å². The molecule has 0 amide bonds. The molecule has 9 nitrogen and oxygen atoms in total. The predicted molar refractivity (Wildman–Crippen MR) is 113 cm³/mol. The maximum absolute atomic E-state index is 9.78. The number of aliphatic hydroxyl groups is 1. The van der Waals surface area contributed by atoms with E-state index in [4.69, 9.17) is 19.4 Å². The quantitative estimate of drug-likeness (QED) is 0.586. The molecular formula is C21H26N6O3. The molecule has 1 aromatic carbocycles. The van der Waals surface area contributed by atoms with E-state index in [-0.39, 0.29) is 25.0 Å². The Bertz CT molecular complexity index is 1060. The van der Waals surface area contributed by atoms with Crippen molar-refractivity contribution in [3.05, 3.63) is 24.5 Å². The van der Waals surface area contributed by atoms with Gasteiger partial charge in [0.1, 0.15) is 0 Å². The lowest BCUT2D eigenvalue weighted by Crippen LogP contribution is -2.29. The van der Waals surface area contributed by atoms with Gasteiger partial charge in [0.25, 0.3) is 0 Å². The van der Waals surface area contributed by atoms with Crippen molar-refractivity contribution in [2.45, 2.75) is 57.7 Å². The minimum Gasteiger partial charge on any atom is -0.454 e. The standard InChI is InChI=1S/C21H26N6O3/c1-12(2)27-10-22-18-19(23-14-5-8-16-17(9-14)30-11-29-16)25-21(26-20(18)27)24-13-3-6-15(28)7-4-13/h5,8-10,12-13,15,28H,3-4,6-7,11H2,1-2H3,(H2,23,24,25,26). The molecule has 2 aliphatic rings. The first-order valence-corrected chi connectivity index (χ1v) is 10.4. The Morgan fingerprint density at radius 1 is 1.10 bits per heavy atom. The summed E-state index contributed by atoms with van der Waals surface area (Å²) < 4.78 is 12.9. The average molecular weight is 410 g/mol. The fourth-order valence-corrected chi connectivity index (χ4v) is 3.96. The molecule has 0 spiro atoms. The fourth-order valence-electron chi connectivity index (χ4n) is 3.96. The molecule has 1 aliphatic carbocycles. The van der Waals surface area contributed by atoms with Gasteiger partial charge in [-0.15, -0.1) is 0 Å². The van der Waals surface area contributed by atoms with Crippen molar-refractivity contribution in [1.82, 2.24) is 19.5 Å². The van der Waals surface area contributed by atoms with E-state index in [2.05, 4.69) is 29.5 Å². The van der Waals surface area contributed by atoms with Gasteiger partial charge in [-0.3, -0.25) is 0 Å². The van der Waals surface area contributed by atoms with Crippen LogP contribution in [-0.4, -0.2) is 43.6 Å². The number of fused-ring (bicyclic) bond motifs is 2. The maximum Gasteiger partial charge on any atom is 0.231 e. The molecule has 5 rings (SSSR count). The number of aliphatic hydroxyl groups excluding tert-OH is 1. The molecule has 30 heavy (non-hydrogen) atoms. The van der Waals surface area contributed by atoms with E-state index in [1.54, 1.807) is 6.33 Å². The molecule has 3 N–H and O–H groups in total. The van der Waals surface area contributed by atoms with E-state index in [0.29, 0.717) is 23.0 Å². The summed E-state index contributed by atoms with van der Waals surface area (Å²) in [6.45, 7) is 4.44. The molecule has 1 aliphatic heterocycles. The number of nitrogens with one attached hydrogen (secondary N) is 2. The summed E-state index contributed by atoms with van der Waals surface area (Å²) in [5, 5.41) is 16.6. The van der Waals surface area contributed by atoms with Crippen molar-refractivity contribution in [3.63, 3.8) is 0 Å². The fraction of sp³-hybridized carbons (Fsp3) is 0.476. The minimum absolute atomic E-state index is 0.197. The highest BCUT2D eigenvalue weighted by atomic mass is 16.7. The molecule has 2 aromatic heterocycles. The van der Waals surface area contributed by atoms with E-state index in [1.807, 2.05) is 22.8 Å². The Balaban J connectivity index is 1.49. The van der Waals surface area contributed by atoms with Crippen LogP contribution < -0.4 is 20.1 Å². The van der Waals surface area contributed by atoms with Crippen molar-refractivity contribution in [3.8, 4) is 11.5 Å². The average Bonchev–Trinajstić information content (AvgIpc) is 3.36. The van der Waals surface area contributed by atoms with Crippen LogP contribution in [0.2, 0.25) is 0 Å². The van der Waals surface area contributed by atoms with Gasteiger partial charge in [-0.05, 0) is 51.7 Å². The van der Waals surface area contributed by atoms with Crippen molar-refractivity contribution in [2.75, 3.05) is 17.4 Å². The Labute approximate surface area is 174 Å². The lowest BCUT2D eigenvalue weighted by atomic mass is 9.93. The molecule has 0 saturated heterocycles. The van der Waals surface area contributed by atoms with Crippen LogP contribution in [0.5, 0.6) is 11.5 Å². The van der Waals surface area contributed by atoms with Crippen LogP contribution in [0.25, 0.3) is 11.2 Å². The van der Waals surface area contributed by atoms with Crippen LogP contribution in [0, 0.1) is 0 Å². The first-order chi connectivity index (χ1) is 14.6. The topological polar surface area (TPSA) is 106 Å². The summed E-state index contributed by atoms with van der Waals surface area (Å²) in [7, 11) is 0. The summed E-state index contributed by atoms with van der Waals surface area (Å²) in [6, 6.07) is 6.17. The molecule has 0 bridgehead atoms. The molecule has 0 unspecified atom stereocenters. The summed E-state index contributed by atoms with van der Waals surface area (Å²) in [4.78, 5) is 14.1. The largest absolute Gasteiger partial charge is 0.454 e. The van der Waals surface area contributed by atoms with Gasteiger partial charge in [-0.25, -0.2) is 4.98 Å². The zero-order valence-corrected chi connectivity index (χ0v) is 17.1. The van der Waals surface area contributed by atoms with Gasteiger partial charge in [0, 0.05) is 23.8 Å². The van der Waals surface area contributed by atoms with Crippen molar-refractivity contribution < 1.29 is 14.6 Å². The number of anilines is 3. The van der Waals surface area contributed by atoms with Gasteiger partial charge in [-0.1, -0.05) is 0 Å². The number of nitrogens with zero attached hydrogens (tertiary/aromatic N) is 4. The number of imidazole rings is 1. The van der Waals surface area contributed by atoms with Gasteiger partial charge in [0.15, 0.2) is 28.5 Å². The first-order valence-electron chi connectivity index (χ1n) is 10.4. The molecule has 0 radical (unpaired) electrons. The molecular weight excluding hydrogens is 384 g/mol. The van der Waals surface area contributed by atoms with E-state index in [1.165, 1.54) is 0 Å². The molecule has 3 heterocycles. The highest BCUT2D eigenvalue weighted by Crippen LogP contribution is 2.36. The van der Waals surface area contributed by atoms with E-state index in [9.17, 15) is 5.11 Å². The van der Waals surface area contributed by atoms with Crippen LogP contribution in [0.4, 0.5) is 17.5 Å². The third kappa shape index (κ3) is 3.60. The summed E-state index contributed by atoms with van der Waals surface area (Å²) in [6.07, 6.45) is 5.00. The molecule has 3 aromatic rings. The molecule has 1 fully saturated rings. The molecule has 9 heteroatoms. The van der Waals surface area contributed by atoms with E-state index >= 15 is 0 Å². The Kier molecular flexibility index (Phi) is 4.82. The predicted octanol–water partition coefficient (Wildman–Crippen LogP) is 3.59. The zero-order chi connectivity index (χ0) is 20.7. The maximum atomic E-state index is 9.78. The lowest BCUT2D eigenvalue weighted by Gasteiger charge is -2.26. The van der Waals surface area contributed by atoms with E-state index in [0.717, 1.165) is 42.8 Å². The second kappa shape index (κ2) is 7.64. The summed E-state index contributed by atoms with van der Waals surface area (Å²) in [5.41, 5.74) is 2.33. The van der Waals surface area contributed by atoms with Gasteiger partial charge >= 0.3 is 0 Å². The Morgan fingerprint density at radius 3 is 2.70 bits per heavy atom. The number of ether oxygens (including phenoxy) is 2. The third-order valence-corrected chi connectivity index (χ3v) is 5.64. The van der Waals surface area contributed by atoms with Gasteiger partial charge < -0.3 is 29.8 Å². The zero-order valence-electron chi connectivity index (χ0n) is 17.1. The molecule has 1 saturated carbocycles. The summed E-state index contributed by atoms with van der Waals surface area (Å²) >= 11 is 0. The van der Waals surface area contributed by atoms with Crippen molar-refractivity contribution in [2.24, 2.45) is 0 Å². The van der Waals surface area contributed by atoms with Gasteiger partial charge in [0.05, 0.1) is 12.4 Å².